The second-order valence-electron chi connectivity index (χ2n) is 5.53. The first-order chi connectivity index (χ1) is 9.52. The van der Waals surface area contributed by atoms with Gasteiger partial charge in [0.1, 0.15) is 4.47 Å². The number of hydrogen-bond donors (Lipinski definition) is 2. The van der Waals surface area contributed by atoms with Crippen molar-refractivity contribution in [3.63, 3.8) is 0 Å². The molecule has 0 amide bonds. The van der Waals surface area contributed by atoms with E-state index < -0.39 is 0 Å². The van der Waals surface area contributed by atoms with Gasteiger partial charge in [0, 0.05) is 19.1 Å². The number of hydrogen-bond acceptors (Lipinski definition) is 5. The molecular weight excluding hydrogens is 322 g/mol. The van der Waals surface area contributed by atoms with Crippen LogP contribution in [0.1, 0.15) is 12.8 Å². The highest BCUT2D eigenvalue weighted by molar-refractivity contribution is 9.10. The average molecular weight is 344 g/mol. The fourth-order valence-corrected chi connectivity index (χ4v) is 2.51. The van der Waals surface area contributed by atoms with Crippen molar-refractivity contribution in [3.05, 3.63) is 21.0 Å². The summed E-state index contributed by atoms with van der Waals surface area (Å²) in [6.07, 6.45) is 4.12. The van der Waals surface area contributed by atoms with Gasteiger partial charge in [0.15, 0.2) is 0 Å². The molecule has 20 heavy (non-hydrogen) atoms. The molecular formula is C13H22BrN5O. The van der Waals surface area contributed by atoms with Gasteiger partial charge in [-0.25, -0.2) is 4.68 Å². The van der Waals surface area contributed by atoms with Crippen LogP contribution in [-0.4, -0.2) is 47.9 Å². The van der Waals surface area contributed by atoms with Gasteiger partial charge in [0.25, 0.3) is 5.56 Å². The van der Waals surface area contributed by atoms with E-state index in [1.165, 1.54) is 17.5 Å². The summed E-state index contributed by atoms with van der Waals surface area (Å²) in [5.74, 6) is 0.628. The predicted octanol–water partition coefficient (Wildman–Crippen LogP) is 0.717. The van der Waals surface area contributed by atoms with Gasteiger partial charge in [0.2, 0.25) is 0 Å². The van der Waals surface area contributed by atoms with E-state index >= 15 is 0 Å². The quantitative estimate of drug-likeness (QED) is 0.762. The lowest BCUT2D eigenvalue weighted by molar-refractivity contribution is 0.367. The number of rotatable bonds is 7. The fraction of sp³-hybridized carbons (Fsp3) is 0.692. The van der Waals surface area contributed by atoms with Crippen LogP contribution in [0.2, 0.25) is 0 Å². The minimum atomic E-state index is -0.108. The zero-order chi connectivity index (χ0) is 14.7. The van der Waals surface area contributed by atoms with Crippen LogP contribution < -0.4 is 16.6 Å². The number of anilines is 1. The summed E-state index contributed by atoms with van der Waals surface area (Å²) in [6.45, 7) is 1.92. The number of likely N-dealkylation sites (N-methyl/N-ethyl adjacent to an activating group) is 1. The van der Waals surface area contributed by atoms with Gasteiger partial charge in [-0.3, -0.25) is 4.79 Å². The molecule has 1 saturated carbocycles. The summed E-state index contributed by atoms with van der Waals surface area (Å²) < 4.78 is 2.01. The van der Waals surface area contributed by atoms with Crippen LogP contribution >= 0.6 is 15.9 Å². The highest BCUT2D eigenvalue weighted by atomic mass is 79.9. The first-order valence-corrected chi connectivity index (χ1v) is 7.69. The fourth-order valence-electron chi connectivity index (χ4n) is 2.09. The zero-order valence-electron chi connectivity index (χ0n) is 12.0. The predicted molar refractivity (Wildman–Crippen MR) is 83.9 cm³/mol. The maximum absolute atomic E-state index is 12.2. The zero-order valence-corrected chi connectivity index (χ0v) is 13.6. The Kier molecular flexibility index (Phi) is 5.17. The summed E-state index contributed by atoms with van der Waals surface area (Å²) in [6, 6.07) is 0.227. The molecule has 0 bridgehead atoms. The molecule has 1 aliphatic carbocycles. The Hall–Kier alpha value is -0.920. The normalized spacial score (nSPS) is 16.4. The molecule has 112 valence electrons. The smallest absolute Gasteiger partial charge is 0.283 e. The van der Waals surface area contributed by atoms with Crippen LogP contribution in [0.4, 0.5) is 5.69 Å². The molecule has 6 nitrogen and oxygen atoms in total. The summed E-state index contributed by atoms with van der Waals surface area (Å²) in [4.78, 5) is 14.2. The molecule has 3 N–H and O–H groups in total. The van der Waals surface area contributed by atoms with Crippen LogP contribution in [0, 0.1) is 5.92 Å². The molecule has 7 heteroatoms. The minimum absolute atomic E-state index is 0.108. The van der Waals surface area contributed by atoms with Crippen LogP contribution in [0.25, 0.3) is 0 Å². The van der Waals surface area contributed by atoms with Gasteiger partial charge in [0.05, 0.1) is 18.4 Å². The Labute approximate surface area is 127 Å². The second kappa shape index (κ2) is 6.69. The van der Waals surface area contributed by atoms with E-state index in [-0.39, 0.29) is 11.6 Å². The molecule has 2 rings (SSSR count). The molecule has 1 heterocycles. The molecule has 1 aromatic rings. The number of nitrogens with one attached hydrogen (secondary N) is 1. The third-order valence-corrected chi connectivity index (χ3v) is 4.30. The molecule has 1 aliphatic rings. The van der Waals surface area contributed by atoms with E-state index in [9.17, 15) is 4.79 Å². The lowest BCUT2D eigenvalue weighted by Crippen LogP contribution is -2.33. The van der Waals surface area contributed by atoms with Gasteiger partial charge in [-0.05, 0) is 48.8 Å². The largest absolute Gasteiger partial charge is 0.378 e. The van der Waals surface area contributed by atoms with Crippen molar-refractivity contribution in [2.75, 3.05) is 32.5 Å². The van der Waals surface area contributed by atoms with Gasteiger partial charge in [-0.15, -0.1) is 0 Å². The number of nitrogens with zero attached hydrogens (tertiary/aromatic N) is 3. The third kappa shape index (κ3) is 3.80. The van der Waals surface area contributed by atoms with E-state index in [1.807, 2.05) is 19.0 Å². The van der Waals surface area contributed by atoms with Crippen molar-refractivity contribution in [1.82, 2.24) is 14.7 Å². The van der Waals surface area contributed by atoms with Crippen molar-refractivity contribution < 1.29 is 0 Å². The van der Waals surface area contributed by atoms with Gasteiger partial charge < -0.3 is 16.0 Å². The summed E-state index contributed by atoms with van der Waals surface area (Å²) in [7, 11) is 3.94. The lowest BCUT2D eigenvalue weighted by Gasteiger charge is -2.18. The van der Waals surface area contributed by atoms with Crippen molar-refractivity contribution in [2.45, 2.75) is 25.4 Å². The monoisotopic (exact) mass is 343 g/mol. The molecule has 0 aliphatic heterocycles. The molecule has 0 saturated heterocycles. The van der Waals surface area contributed by atoms with Crippen LogP contribution in [0.15, 0.2) is 15.5 Å². The van der Waals surface area contributed by atoms with Crippen molar-refractivity contribution in [3.8, 4) is 0 Å². The Morgan fingerprint density at radius 2 is 2.30 bits per heavy atom. The number of aromatic nitrogens is 2. The Balaban J connectivity index is 2.11. The molecule has 1 fully saturated rings. The SMILES string of the molecule is CN(C)CCn1ncc(NC(CN)C2CC2)c(Br)c1=O. The van der Waals surface area contributed by atoms with Crippen molar-refractivity contribution >= 4 is 21.6 Å². The molecule has 1 aromatic heterocycles. The van der Waals surface area contributed by atoms with Gasteiger partial charge in [-0.1, -0.05) is 0 Å². The van der Waals surface area contributed by atoms with Gasteiger partial charge in [-0.2, -0.15) is 5.10 Å². The number of nitrogens with two attached hydrogens (primary N) is 1. The Morgan fingerprint density at radius 3 is 2.85 bits per heavy atom. The van der Waals surface area contributed by atoms with E-state index in [0.717, 1.165) is 12.2 Å². The summed E-state index contributed by atoms with van der Waals surface area (Å²) >= 11 is 3.38. The third-order valence-electron chi connectivity index (χ3n) is 3.53. The minimum Gasteiger partial charge on any atom is -0.378 e. The second-order valence-corrected chi connectivity index (χ2v) is 6.32. The summed E-state index contributed by atoms with van der Waals surface area (Å²) in [5.41, 5.74) is 6.40. The molecule has 0 spiro atoms. The standard InChI is InChI=1S/C13H22BrN5O/c1-18(2)5-6-19-13(20)12(14)11(8-16-19)17-10(7-15)9-3-4-9/h8-10,17H,3-7,15H2,1-2H3. The molecule has 1 atom stereocenters. The Bertz CT molecular complexity index is 512. The van der Waals surface area contributed by atoms with E-state index in [1.54, 1.807) is 6.20 Å². The highest BCUT2D eigenvalue weighted by Gasteiger charge is 2.30. The van der Waals surface area contributed by atoms with Crippen molar-refractivity contribution in [1.29, 1.82) is 0 Å². The molecule has 0 aromatic carbocycles. The van der Waals surface area contributed by atoms with E-state index in [2.05, 4.69) is 26.3 Å². The van der Waals surface area contributed by atoms with Crippen molar-refractivity contribution in [2.24, 2.45) is 11.7 Å². The van der Waals surface area contributed by atoms with Crippen LogP contribution in [-0.2, 0) is 6.54 Å². The maximum atomic E-state index is 12.2. The Morgan fingerprint density at radius 1 is 1.60 bits per heavy atom. The number of halogens is 1. The topological polar surface area (TPSA) is 76.2 Å². The van der Waals surface area contributed by atoms with Crippen LogP contribution in [0.3, 0.4) is 0 Å². The first-order valence-electron chi connectivity index (χ1n) is 6.90. The van der Waals surface area contributed by atoms with E-state index in [4.69, 9.17) is 5.73 Å². The molecule has 1 unspecified atom stereocenters. The lowest BCUT2D eigenvalue weighted by atomic mass is 10.2. The molecule has 0 radical (unpaired) electrons. The van der Waals surface area contributed by atoms with E-state index in [0.29, 0.717) is 23.5 Å². The average Bonchev–Trinajstić information content (AvgIpc) is 3.23. The summed E-state index contributed by atoms with van der Waals surface area (Å²) in [5, 5.41) is 7.56. The van der Waals surface area contributed by atoms with Gasteiger partial charge >= 0.3 is 0 Å². The maximum Gasteiger partial charge on any atom is 0.283 e. The van der Waals surface area contributed by atoms with Crippen LogP contribution in [0.5, 0.6) is 0 Å². The first kappa shape index (κ1) is 15.5. The highest BCUT2D eigenvalue weighted by Crippen LogP contribution is 2.34.